The predicted molar refractivity (Wildman–Crippen MR) is 170 cm³/mol. The second-order valence-corrected chi connectivity index (χ2v) is 15.4. The molecule has 0 aliphatic carbocycles. The molecule has 5 rings (SSSR count). The fourth-order valence-electron chi connectivity index (χ4n) is 5.90. The average molecular weight is 631 g/mol. The monoisotopic (exact) mass is 629 g/mol. The number of carbonyl (C=O) groups excluding carboxylic acids is 1. The zero-order chi connectivity index (χ0) is 28.2. The zero-order valence-electron chi connectivity index (χ0n) is 24.6. The van der Waals surface area contributed by atoms with Crippen molar-refractivity contribution in [2.45, 2.75) is 58.2 Å². The maximum Gasteiger partial charge on any atom is 0.410 e. The number of amides is 1. The Balaban J connectivity index is 0.00000387. The molecular formula is C36H41BrNO2P. The van der Waals surface area contributed by atoms with Crippen molar-refractivity contribution in [2.24, 2.45) is 0 Å². The van der Waals surface area contributed by atoms with Crippen LogP contribution in [0.1, 0.15) is 56.2 Å². The van der Waals surface area contributed by atoms with Gasteiger partial charge in [0, 0.05) is 13.1 Å². The molecule has 0 radical (unpaired) electrons. The Morgan fingerprint density at radius 2 is 1.24 bits per heavy atom. The second-order valence-electron chi connectivity index (χ2n) is 11.9. The SMILES string of the molecule is Cc1cc(C2CCN(C(=O)OC(C)(C)C)CC2)ccc1C[P+](c1ccccc1)(c1ccccc1)c1ccccc1.[Br-]. The number of nitrogens with zero attached hydrogens (tertiary/aromatic N) is 1. The first-order valence-corrected chi connectivity index (χ1v) is 16.4. The van der Waals surface area contributed by atoms with Crippen LogP contribution in [0.3, 0.4) is 0 Å². The van der Waals surface area contributed by atoms with E-state index in [1.54, 1.807) is 0 Å². The normalized spacial score (nSPS) is 14.3. The third-order valence-electron chi connectivity index (χ3n) is 7.98. The molecule has 1 heterocycles. The summed E-state index contributed by atoms with van der Waals surface area (Å²) < 4.78 is 5.60. The van der Waals surface area contributed by atoms with Gasteiger partial charge in [-0.2, -0.15) is 0 Å². The van der Waals surface area contributed by atoms with Crippen LogP contribution < -0.4 is 32.9 Å². The highest BCUT2D eigenvalue weighted by molar-refractivity contribution is 7.95. The molecule has 0 bridgehead atoms. The van der Waals surface area contributed by atoms with Crippen molar-refractivity contribution in [2.75, 3.05) is 13.1 Å². The summed E-state index contributed by atoms with van der Waals surface area (Å²) in [6.07, 6.45) is 2.72. The molecule has 0 atom stereocenters. The van der Waals surface area contributed by atoms with Gasteiger partial charge >= 0.3 is 6.09 Å². The Bertz CT molecular complexity index is 1320. The van der Waals surface area contributed by atoms with Crippen LogP contribution in [0.4, 0.5) is 4.79 Å². The van der Waals surface area contributed by atoms with E-state index in [1.165, 1.54) is 32.6 Å². The number of hydrogen-bond acceptors (Lipinski definition) is 2. The van der Waals surface area contributed by atoms with Crippen molar-refractivity contribution in [3.05, 3.63) is 126 Å². The molecule has 1 amide bonds. The van der Waals surface area contributed by atoms with Gasteiger partial charge in [-0.05, 0) is 99.5 Å². The number of piperidine rings is 1. The smallest absolute Gasteiger partial charge is 0.410 e. The molecule has 0 spiro atoms. The number of rotatable bonds is 6. The van der Waals surface area contributed by atoms with E-state index in [0.29, 0.717) is 5.92 Å². The van der Waals surface area contributed by atoms with Crippen molar-refractivity contribution in [3.63, 3.8) is 0 Å². The first-order valence-electron chi connectivity index (χ1n) is 14.4. The number of hydrogen-bond donors (Lipinski definition) is 0. The first kappa shape index (κ1) is 31.0. The van der Waals surface area contributed by atoms with Crippen molar-refractivity contribution < 1.29 is 26.5 Å². The van der Waals surface area contributed by atoms with Gasteiger partial charge in [0.15, 0.2) is 0 Å². The van der Waals surface area contributed by atoms with E-state index in [-0.39, 0.29) is 23.1 Å². The van der Waals surface area contributed by atoms with Crippen LogP contribution in [0.15, 0.2) is 109 Å². The van der Waals surface area contributed by atoms with Gasteiger partial charge < -0.3 is 26.6 Å². The molecule has 214 valence electrons. The summed E-state index contributed by atoms with van der Waals surface area (Å²) in [7, 11) is -1.94. The molecule has 41 heavy (non-hydrogen) atoms. The maximum absolute atomic E-state index is 12.5. The second kappa shape index (κ2) is 13.4. The highest BCUT2D eigenvalue weighted by atomic mass is 79.9. The molecule has 1 fully saturated rings. The fraction of sp³-hybridized carbons (Fsp3) is 0.306. The third kappa shape index (κ3) is 7.11. The number of ether oxygens (including phenoxy) is 1. The lowest BCUT2D eigenvalue weighted by molar-refractivity contribution is -0.0000585. The molecule has 0 N–H and O–H groups in total. The Labute approximate surface area is 257 Å². The lowest BCUT2D eigenvalue weighted by Gasteiger charge is -2.34. The topological polar surface area (TPSA) is 29.5 Å². The van der Waals surface area contributed by atoms with Gasteiger partial charge in [0.25, 0.3) is 0 Å². The summed E-state index contributed by atoms with van der Waals surface area (Å²) >= 11 is 0. The van der Waals surface area contributed by atoms with Gasteiger partial charge in [-0.3, -0.25) is 0 Å². The van der Waals surface area contributed by atoms with Crippen LogP contribution in [0.5, 0.6) is 0 Å². The quantitative estimate of drug-likeness (QED) is 0.292. The van der Waals surface area contributed by atoms with Crippen LogP contribution >= 0.6 is 7.26 Å². The molecule has 3 nitrogen and oxygen atoms in total. The van der Waals surface area contributed by atoms with Crippen LogP contribution in [0.25, 0.3) is 0 Å². The molecule has 4 aromatic carbocycles. The summed E-state index contributed by atoms with van der Waals surface area (Å²) in [6, 6.07) is 40.4. The Hall–Kier alpha value is -2.94. The largest absolute Gasteiger partial charge is 1.00 e. The van der Waals surface area contributed by atoms with Gasteiger partial charge in [-0.15, -0.1) is 0 Å². The molecule has 1 aliphatic rings. The summed E-state index contributed by atoms with van der Waals surface area (Å²) in [5, 5.41) is 4.22. The van der Waals surface area contributed by atoms with Gasteiger partial charge in [0.2, 0.25) is 0 Å². The highest BCUT2D eigenvalue weighted by Gasteiger charge is 2.45. The molecule has 0 unspecified atom stereocenters. The number of halogens is 1. The van der Waals surface area contributed by atoms with E-state index in [0.717, 1.165) is 32.1 Å². The minimum absolute atomic E-state index is 0. The molecule has 1 aliphatic heterocycles. The summed E-state index contributed by atoms with van der Waals surface area (Å²) in [5.74, 6) is 0.461. The average Bonchev–Trinajstić information content (AvgIpc) is 2.97. The van der Waals surface area contributed by atoms with E-state index in [4.69, 9.17) is 4.74 Å². The summed E-state index contributed by atoms with van der Waals surface area (Å²) in [5.41, 5.74) is 3.67. The van der Waals surface area contributed by atoms with Crippen LogP contribution in [0, 0.1) is 6.92 Å². The standard InChI is InChI=1S/C36H41NO2P.BrH/c1-28-26-30(29-22-24-37(25-23-29)35(38)39-36(2,3)4)20-21-31(28)27-40(32-14-8-5-9-15-32,33-16-10-6-11-17-33)34-18-12-7-13-19-34;/h5-21,26,29H,22-25,27H2,1-4H3;1H/q+1;/p-1. The third-order valence-corrected chi connectivity index (χ3v) is 12.3. The molecule has 0 saturated carbocycles. The predicted octanol–water partition coefficient (Wildman–Crippen LogP) is 4.61. The minimum atomic E-state index is -1.94. The highest BCUT2D eigenvalue weighted by Crippen LogP contribution is 2.58. The summed E-state index contributed by atoms with van der Waals surface area (Å²) in [6.45, 7) is 9.52. The summed E-state index contributed by atoms with van der Waals surface area (Å²) in [4.78, 5) is 14.4. The Morgan fingerprint density at radius 1 is 0.780 bits per heavy atom. The molecule has 5 heteroatoms. The van der Waals surface area contributed by atoms with Gasteiger partial charge in [-0.25, -0.2) is 4.79 Å². The van der Waals surface area contributed by atoms with Gasteiger partial charge in [0.1, 0.15) is 28.8 Å². The molecule has 1 saturated heterocycles. The van der Waals surface area contributed by atoms with Gasteiger partial charge in [0.05, 0.1) is 6.16 Å². The van der Waals surface area contributed by atoms with Gasteiger partial charge in [-0.1, -0.05) is 72.8 Å². The van der Waals surface area contributed by atoms with Crippen molar-refractivity contribution in [1.29, 1.82) is 0 Å². The lowest BCUT2D eigenvalue weighted by Crippen LogP contribution is -3.00. The van der Waals surface area contributed by atoms with Crippen molar-refractivity contribution >= 4 is 29.3 Å². The van der Waals surface area contributed by atoms with E-state index in [2.05, 4.69) is 116 Å². The zero-order valence-corrected chi connectivity index (χ0v) is 27.1. The van der Waals surface area contributed by atoms with Crippen LogP contribution in [-0.2, 0) is 10.9 Å². The van der Waals surface area contributed by atoms with Crippen molar-refractivity contribution in [3.8, 4) is 0 Å². The lowest BCUT2D eigenvalue weighted by atomic mass is 9.88. The molecule has 4 aromatic rings. The van der Waals surface area contributed by atoms with E-state index in [9.17, 15) is 4.79 Å². The molecular weight excluding hydrogens is 589 g/mol. The first-order chi connectivity index (χ1) is 19.3. The number of aryl methyl sites for hydroxylation is 1. The fourth-order valence-corrected chi connectivity index (χ4v) is 10.2. The Morgan fingerprint density at radius 3 is 1.66 bits per heavy atom. The van der Waals surface area contributed by atoms with E-state index < -0.39 is 12.9 Å². The van der Waals surface area contributed by atoms with Crippen LogP contribution in [0.2, 0.25) is 0 Å². The van der Waals surface area contributed by atoms with E-state index in [1.807, 2.05) is 25.7 Å². The number of carbonyl (C=O) groups is 1. The number of benzene rings is 4. The van der Waals surface area contributed by atoms with Crippen LogP contribution in [-0.4, -0.2) is 29.7 Å². The number of likely N-dealkylation sites (tertiary alicyclic amines) is 1. The maximum atomic E-state index is 12.5. The minimum Gasteiger partial charge on any atom is -1.00 e. The Kier molecular flexibility index (Phi) is 10.1. The molecule has 0 aromatic heterocycles. The van der Waals surface area contributed by atoms with Crippen molar-refractivity contribution in [1.82, 2.24) is 4.90 Å². The van der Waals surface area contributed by atoms with E-state index >= 15 is 0 Å².